The molecule has 0 aliphatic heterocycles. The van der Waals surface area contributed by atoms with Crippen molar-refractivity contribution in [3.8, 4) is 0 Å². The number of nitrogen functional groups attached to an aromatic ring is 1. The molecule has 3 N–H and O–H groups in total. The van der Waals surface area contributed by atoms with E-state index in [-0.39, 0.29) is 11.4 Å². The van der Waals surface area contributed by atoms with E-state index in [4.69, 9.17) is 5.73 Å². The molecule has 0 bridgehead atoms. The van der Waals surface area contributed by atoms with Gasteiger partial charge in [0.1, 0.15) is 5.82 Å². The second kappa shape index (κ2) is 4.03. The van der Waals surface area contributed by atoms with Crippen molar-refractivity contribution >= 4 is 21.6 Å². The largest absolute Gasteiger partial charge is 0.396 e. The monoisotopic (exact) mass is 233 g/mol. The molecule has 0 amide bonds. The fourth-order valence-electron chi connectivity index (χ4n) is 0.847. The molecule has 0 heterocycles. The second-order valence-electron chi connectivity index (χ2n) is 3.13. The fourth-order valence-corrected chi connectivity index (χ4v) is 1.45. The van der Waals surface area contributed by atoms with Gasteiger partial charge in [-0.05, 0) is 18.2 Å². The summed E-state index contributed by atoms with van der Waals surface area (Å²) in [5.41, 5.74) is 5.41. The highest BCUT2D eigenvalue weighted by atomic mass is 32.2. The molecule has 0 atom stereocenters. The van der Waals surface area contributed by atoms with E-state index in [1.54, 1.807) is 0 Å². The lowest BCUT2D eigenvalue weighted by atomic mass is 10.3. The van der Waals surface area contributed by atoms with Crippen molar-refractivity contribution in [1.82, 2.24) is 4.31 Å². The first kappa shape index (κ1) is 11.7. The summed E-state index contributed by atoms with van der Waals surface area (Å²) < 4.78 is 38.8. The quantitative estimate of drug-likeness (QED) is 0.752. The average Bonchev–Trinajstić information content (AvgIpc) is 2.10. The lowest BCUT2D eigenvalue weighted by molar-refractivity contribution is 0.527. The third kappa shape index (κ3) is 2.80. The lowest BCUT2D eigenvalue weighted by Gasteiger charge is -2.13. The predicted octanol–water partition coefficient (Wildman–Crippen LogP) is 0.626. The maximum Gasteiger partial charge on any atom is 0.301 e. The van der Waals surface area contributed by atoms with Gasteiger partial charge in [0.25, 0.3) is 0 Å². The number of rotatable bonds is 3. The molecule has 0 fully saturated rings. The maximum atomic E-state index is 12.8. The van der Waals surface area contributed by atoms with Crippen molar-refractivity contribution < 1.29 is 12.8 Å². The normalized spacial score (nSPS) is 11.7. The molecule has 84 valence electrons. The Morgan fingerprint density at radius 3 is 2.47 bits per heavy atom. The zero-order chi connectivity index (χ0) is 11.6. The number of hydrogen-bond acceptors (Lipinski definition) is 3. The molecule has 5 nitrogen and oxygen atoms in total. The molecule has 0 aliphatic rings. The van der Waals surface area contributed by atoms with Crippen molar-refractivity contribution in [3.05, 3.63) is 24.0 Å². The van der Waals surface area contributed by atoms with Crippen LogP contribution >= 0.6 is 0 Å². The molecule has 0 unspecified atom stereocenters. The van der Waals surface area contributed by atoms with E-state index in [9.17, 15) is 12.8 Å². The Kier molecular flexibility index (Phi) is 3.15. The number of nitrogens with two attached hydrogens (primary N) is 1. The molecule has 0 aliphatic carbocycles. The van der Waals surface area contributed by atoms with Gasteiger partial charge in [-0.3, -0.25) is 4.72 Å². The Labute approximate surface area is 87.9 Å². The van der Waals surface area contributed by atoms with Crippen LogP contribution in [-0.4, -0.2) is 26.8 Å². The molecule has 0 radical (unpaired) electrons. The topological polar surface area (TPSA) is 75.4 Å². The van der Waals surface area contributed by atoms with Crippen LogP contribution in [-0.2, 0) is 10.2 Å². The summed E-state index contributed by atoms with van der Waals surface area (Å²) in [6, 6.07) is 3.62. The van der Waals surface area contributed by atoms with Crippen LogP contribution in [0.1, 0.15) is 0 Å². The summed E-state index contributed by atoms with van der Waals surface area (Å²) in [5.74, 6) is -0.581. The van der Waals surface area contributed by atoms with Gasteiger partial charge in [-0.25, -0.2) is 4.39 Å². The van der Waals surface area contributed by atoms with Crippen molar-refractivity contribution in [3.63, 3.8) is 0 Å². The number of hydrogen-bond donors (Lipinski definition) is 2. The minimum atomic E-state index is -3.58. The maximum absolute atomic E-state index is 12.8. The van der Waals surface area contributed by atoms with E-state index in [1.165, 1.54) is 26.2 Å². The van der Waals surface area contributed by atoms with Crippen LogP contribution in [0.4, 0.5) is 15.8 Å². The van der Waals surface area contributed by atoms with Gasteiger partial charge < -0.3 is 5.73 Å². The van der Waals surface area contributed by atoms with Crippen molar-refractivity contribution in [2.75, 3.05) is 24.6 Å². The highest BCUT2D eigenvalue weighted by molar-refractivity contribution is 7.90. The minimum Gasteiger partial charge on any atom is -0.396 e. The third-order valence-corrected chi connectivity index (χ3v) is 3.18. The zero-order valence-corrected chi connectivity index (χ0v) is 9.18. The molecule has 0 saturated heterocycles. The van der Waals surface area contributed by atoms with E-state index in [2.05, 4.69) is 4.72 Å². The van der Waals surface area contributed by atoms with Gasteiger partial charge in [0.2, 0.25) is 0 Å². The van der Waals surface area contributed by atoms with Gasteiger partial charge in [0.15, 0.2) is 0 Å². The molecule has 7 heteroatoms. The van der Waals surface area contributed by atoms with E-state index >= 15 is 0 Å². The molecule has 0 saturated carbocycles. The first-order valence-electron chi connectivity index (χ1n) is 4.08. The summed E-state index contributed by atoms with van der Waals surface area (Å²) in [4.78, 5) is 0. The van der Waals surface area contributed by atoms with E-state index in [1.807, 2.05) is 0 Å². The first-order chi connectivity index (χ1) is 6.83. The summed E-state index contributed by atoms with van der Waals surface area (Å²) in [5, 5.41) is 0. The standard InChI is InChI=1S/C8H12FN3O2S/c1-12(2)15(13,14)11-6-3-4-7(9)8(10)5-6/h3-5,11H,10H2,1-2H3. The highest BCUT2D eigenvalue weighted by Crippen LogP contribution is 2.17. The van der Waals surface area contributed by atoms with Gasteiger partial charge >= 0.3 is 10.2 Å². The lowest BCUT2D eigenvalue weighted by Crippen LogP contribution is -2.28. The Bertz CT molecular complexity index is 459. The minimum absolute atomic E-state index is 0.103. The van der Waals surface area contributed by atoms with Gasteiger partial charge in [0.05, 0.1) is 11.4 Å². The van der Waals surface area contributed by atoms with Crippen LogP contribution < -0.4 is 10.5 Å². The number of nitrogens with one attached hydrogen (secondary N) is 1. The molecule has 1 rings (SSSR count). The number of nitrogens with zero attached hydrogens (tertiary/aromatic N) is 1. The van der Waals surface area contributed by atoms with Gasteiger partial charge in [-0.2, -0.15) is 12.7 Å². The molecular formula is C8H12FN3O2S. The van der Waals surface area contributed by atoms with E-state index in [0.29, 0.717) is 0 Å². The van der Waals surface area contributed by atoms with Crippen LogP contribution in [0.2, 0.25) is 0 Å². The average molecular weight is 233 g/mol. The van der Waals surface area contributed by atoms with Gasteiger partial charge in [0, 0.05) is 14.1 Å². The zero-order valence-electron chi connectivity index (χ0n) is 8.36. The van der Waals surface area contributed by atoms with Crippen LogP contribution in [0.5, 0.6) is 0 Å². The van der Waals surface area contributed by atoms with Crippen LogP contribution in [0.3, 0.4) is 0 Å². The molecule has 0 aromatic heterocycles. The predicted molar refractivity (Wildman–Crippen MR) is 57.0 cm³/mol. The van der Waals surface area contributed by atoms with Gasteiger partial charge in [-0.15, -0.1) is 0 Å². The number of benzene rings is 1. The highest BCUT2D eigenvalue weighted by Gasteiger charge is 2.13. The van der Waals surface area contributed by atoms with Crippen molar-refractivity contribution in [1.29, 1.82) is 0 Å². The van der Waals surface area contributed by atoms with Crippen molar-refractivity contribution in [2.24, 2.45) is 0 Å². The van der Waals surface area contributed by atoms with Crippen LogP contribution in [0, 0.1) is 5.82 Å². The molecular weight excluding hydrogens is 221 g/mol. The Morgan fingerprint density at radius 2 is 2.00 bits per heavy atom. The van der Waals surface area contributed by atoms with Gasteiger partial charge in [-0.1, -0.05) is 0 Å². The second-order valence-corrected chi connectivity index (χ2v) is 5.01. The smallest absolute Gasteiger partial charge is 0.301 e. The first-order valence-corrected chi connectivity index (χ1v) is 5.52. The van der Waals surface area contributed by atoms with Crippen LogP contribution in [0.25, 0.3) is 0 Å². The Hall–Kier alpha value is -1.34. The summed E-state index contributed by atoms with van der Waals surface area (Å²) >= 11 is 0. The molecule has 1 aromatic carbocycles. The number of halogens is 1. The summed E-state index contributed by atoms with van der Waals surface area (Å²) in [6.07, 6.45) is 0. The number of anilines is 2. The molecule has 15 heavy (non-hydrogen) atoms. The Balaban J connectivity index is 2.96. The van der Waals surface area contributed by atoms with Crippen molar-refractivity contribution in [2.45, 2.75) is 0 Å². The molecule has 0 spiro atoms. The Morgan fingerprint density at radius 1 is 1.40 bits per heavy atom. The molecule has 1 aromatic rings. The SMILES string of the molecule is CN(C)S(=O)(=O)Nc1ccc(F)c(N)c1. The fraction of sp³-hybridized carbons (Fsp3) is 0.250. The van der Waals surface area contributed by atoms with E-state index in [0.717, 1.165) is 10.4 Å². The van der Waals surface area contributed by atoms with Crippen LogP contribution in [0.15, 0.2) is 18.2 Å². The third-order valence-electron chi connectivity index (χ3n) is 1.72. The van der Waals surface area contributed by atoms with E-state index < -0.39 is 16.0 Å². The summed E-state index contributed by atoms with van der Waals surface area (Å²) in [7, 11) is -0.807. The summed E-state index contributed by atoms with van der Waals surface area (Å²) in [6.45, 7) is 0.